The van der Waals surface area contributed by atoms with Gasteiger partial charge in [0.2, 0.25) is 5.91 Å². The third kappa shape index (κ3) is 4.24. The van der Waals surface area contributed by atoms with E-state index in [1.54, 1.807) is 19.1 Å². The quantitative estimate of drug-likeness (QED) is 0.839. The molecular weight excluding hydrogens is 367 g/mol. The molecule has 4 nitrogen and oxygen atoms in total. The van der Waals surface area contributed by atoms with E-state index >= 15 is 0 Å². The van der Waals surface area contributed by atoms with Crippen LogP contribution in [0.25, 0.3) is 0 Å². The Hall–Kier alpha value is -2.35. The molecule has 2 aromatic carbocycles. The van der Waals surface area contributed by atoms with E-state index in [-0.39, 0.29) is 11.3 Å². The lowest BCUT2D eigenvalue weighted by Crippen LogP contribution is -2.35. The fourth-order valence-corrected chi connectivity index (χ4v) is 4.11. The average molecular weight is 385 g/mol. The van der Waals surface area contributed by atoms with E-state index in [0.717, 1.165) is 17.7 Å². The van der Waals surface area contributed by atoms with Gasteiger partial charge in [-0.1, -0.05) is 36.8 Å². The number of halogens is 3. The topological polar surface area (TPSA) is 63.2 Å². The van der Waals surface area contributed by atoms with E-state index in [0.29, 0.717) is 0 Å². The molecule has 0 aliphatic carbocycles. The van der Waals surface area contributed by atoms with Crippen LogP contribution in [0.3, 0.4) is 0 Å². The standard InChI is InChI=1S/C18H18F3NO3S/c1-3-16(26(24,25)13-10-8-12(2)9-11-13)17(23)22-15-7-5-4-6-14(15)18(19,20)21/h4-11,16H,3H2,1-2H3,(H,22,23). The number of rotatable bonds is 5. The van der Waals surface area contributed by atoms with Crippen molar-refractivity contribution in [1.82, 2.24) is 0 Å². The van der Waals surface area contributed by atoms with Crippen molar-refractivity contribution in [2.24, 2.45) is 0 Å². The van der Waals surface area contributed by atoms with Gasteiger partial charge in [0.05, 0.1) is 16.1 Å². The molecule has 0 radical (unpaired) electrons. The number of aryl methyl sites for hydroxylation is 1. The first-order valence-corrected chi connectivity index (χ1v) is 9.39. The number of carbonyl (C=O) groups is 1. The summed E-state index contributed by atoms with van der Waals surface area (Å²) >= 11 is 0. The van der Waals surface area contributed by atoms with Gasteiger partial charge in [0.1, 0.15) is 5.25 Å². The molecule has 26 heavy (non-hydrogen) atoms. The monoisotopic (exact) mass is 385 g/mol. The summed E-state index contributed by atoms with van der Waals surface area (Å²) in [6.45, 7) is 3.28. The molecular formula is C18H18F3NO3S. The predicted molar refractivity (Wildman–Crippen MR) is 92.5 cm³/mol. The Bertz CT molecular complexity index is 891. The Morgan fingerprint density at radius 1 is 1.08 bits per heavy atom. The van der Waals surface area contributed by atoms with Crippen LogP contribution in [0.15, 0.2) is 53.4 Å². The highest BCUT2D eigenvalue weighted by atomic mass is 32.2. The van der Waals surface area contributed by atoms with E-state index in [1.165, 1.54) is 31.2 Å². The number of alkyl halides is 3. The van der Waals surface area contributed by atoms with Crippen LogP contribution in [0.1, 0.15) is 24.5 Å². The van der Waals surface area contributed by atoms with Gasteiger partial charge < -0.3 is 5.32 Å². The summed E-state index contributed by atoms with van der Waals surface area (Å²) in [6, 6.07) is 10.4. The molecule has 140 valence electrons. The highest BCUT2D eigenvalue weighted by Crippen LogP contribution is 2.35. The number of carbonyl (C=O) groups excluding carboxylic acids is 1. The Morgan fingerprint density at radius 2 is 1.65 bits per heavy atom. The molecule has 0 heterocycles. The number of hydrogen-bond acceptors (Lipinski definition) is 3. The summed E-state index contributed by atoms with van der Waals surface area (Å²) in [7, 11) is -4.03. The zero-order chi connectivity index (χ0) is 19.5. The van der Waals surface area contributed by atoms with Crippen LogP contribution in [0.4, 0.5) is 18.9 Å². The van der Waals surface area contributed by atoms with Crippen LogP contribution in [-0.2, 0) is 20.8 Å². The van der Waals surface area contributed by atoms with E-state index in [2.05, 4.69) is 5.32 Å². The van der Waals surface area contributed by atoms with Crippen LogP contribution in [0, 0.1) is 6.92 Å². The maximum atomic E-state index is 13.0. The number of amides is 1. The van der Waals surface area contributed by atoms with Gasteiger partial charge >= 0.3 is 6.18 Å². The van der Waals surface area contributed by atoms with Gasteiger partial charge in [0.15, 0.2) is 9.84 Å². The molecule has 1 atom stereocenters. The normalized spacial score (nSPS) is 13.3. The molecule has 0 aliphatic rings. The molecule has 0 bridgehead atoms. The van der Waals surface area contributed by atoms with Crippen molar-refractivity contribution in [2.75, 3.05) is 5.32 Å². The number of anilines is 1. The Kier molecular flexibility index (Phi) is 5.75. The minimum atomic E-state index is -4.67. The fourth-order valence-electron chi connectivity index (χ4n) is 2.49. The van der Waals surface area contributed by atoms with Gasteiger partial charge in [0.25, 0.3) is 0 Å². The van der Waals surface area contributed by atoms with E-state index in [4.69, 9.17) is 0 Å². The summed E-state index contributed by atoms with van der Waals surface area (Å²) in [6.07, 6.45) is -4.74. The lowest BCUT2D eigenvalue weighted by molar-refractivity contribution is -0.137. The molecule has 0 saturated carbocycles. The van der Waals surface area contributed by atoms with Crippen molar-refractivity contribution in [3.8, 4) is 0 Å². The molecule has 0 fully saturated rings. The molecule has 0 aromatic heterocycles. The average Bonchev–Trinajstić information content (AvgIpc) is 2.55. The van der Waals surface area contributed by atoms with Gasteiger partial charge in [-0.2, -0.15) is 13.2 Å². The molecule has 0 spiro atoms. The Balaban J connectivity index is 2.34. The maximum Gasteiger partial charge on any atom is 0.418 e. The van der Waals surface area contributed by atoms with Crippen LogP contribution < -0.4 is 5.32 Å². The van der Waals surface area contributed by atoms with Gasteiger partial charge in [-0.3, -0.25) is 4.79 Å². The summed E-state index contributed by atoms with van der Waals surface area (Å²) in [5, 5.41) is 0.623. The lowest BCUT2D eigenvalue weighted by atomic mass is 10.1. The first-order valence-electron chi connectivity index (χ1n) is 7.85. The van der Waals surface area contributed by atoms with Crippen molar-refractivity contribution >= 4 is 21.4 Å². The minimum Gasteiger partial charge on any atom is -0.324 e. The second-order valence-corrected chi connectivity index (χ2v) is 7.92. The van der Waals surface area contributed by atoms with E-state index in [9.17, 15) is 26.4 Å². The zero-order valence-electron chi connectivity index (χ0n) is 14.2. The van der Waals surface area contributed by atoms with Gasteiger partial charge in [-0.25, -0.2) is 8.42 Å². The second-order valence-electron chi connectivity index (χ2n) is 5.79. The van der Waals surface area contributed by atoms with E-state index in [1.807, 2.05) is 0 Å². The zero-order valence-corrected chi connectivity index (χ0v) is 15.0. The third-order valence-corrected chi connectivity index (χ3v) is 6.10. The number of nitrogens with one attached hydrogen (secondary N) is 1. The van der Waals surface area contributed by atoms with Crippen LogP contribution in [0.5, 0.6) is 0 Å². The predicted octanol–water partition coefficient (Wildman–Crippen LogP) is 4.20. The molecule has 1 amide bonds. The van der Waals surface area contributed by atoms with Crippen molar-refractivity contribution in [1.29, 1.82) is 0 Å². The van der Waals surface area contributed by atoms with Gasteiger partial charge in [-0.15, -0.1) is 0 Å². The molecule has 1 N–H and O–H groups in total. The third-order valence-electron chi connectivity index (χ3n) is 3.88. The smallest absolute Gasteiger partial charge is 0.324 e. The maximum absolute atomic E-state index is 13.0. The fraction of sp³-hybridized carbons (Fsp3) is 0.278. The van der Waals surface area contributed by atoms with Crippen LogP contribution in [-0.4, -0.2) is 19.6 Å². The lowest BCUT2D eigenvalue weighted by Gasteiger charge is -2.18. The molecule has 0 aliphatic heterocycles. The number of hydrogen-bond donors (Lipinski definition) is 1. The molecule has 2 aromatic rings. The van der Waals surface area contributed by atoms with Crippen LogP contribution in [0.2, 0.25) is 0 Å². The number of sulfone groups is 1. The first-order chi connectivity index (χ1) is 12.1. The molecule has 0 saturated heterocycles. The first kappa shape index (κ1) is 20.0. The summed E-state index contributed by atoms with van der Waals surface area (Å²) in [5.41, 5.74) is -0.654. The Labute approximate surface area is 150 Å². The molecule has 8 heteroatoms. The molecule has 1 unspecified atom stereocenters. The van der Waals surface area contributed by atoms with E-state index < -0.39 is 38.4 Å². The summed E-state index contributed by atoms with van der Waals surface area (Å²) in [4.78, 5) is 12.4. The Morgan fingerprint density at radius 3 is 2.19 bits per heavy atom. The van der Waals surface area contributed by atoms with Crippen molar-refractivity contribution < 1.29 is 26.4 Å². The van der Waals surface area contributed by atoms with Crippen molar-refractivity contribution in [3.63, 3.8) is 0 Å². The molecule has 2 rings (SSSR count). The SMILES string of the molecule is CCC(C(=O)Nc1ccccc1C(F)(F)F)S(=O)(=O)c1ccc(C)cc1. The van der Waals surface area contributed by atoms with Crippen LogP contribution >= 0.6 is 0 Å². The second kappa shape index (κ2) is 7.49. The van der Waals surface area contributed by atoms with Crippen molar-refractivity contribution in [2.45, 2.75) is 36.6 Å². The highest BCUT2D eigenvalue weighted by Gasteiger charge is 2.36. The van der Waals surface area contributed by atoms with Gasteiger partial charge in [-0.05, 0) is 37.6 Å². The highest BCUT2D eigenvalue weighted by molar-refractivity contribution is 7.92. The largest absolute Gasteiger partial charge is 0.418 e. The number of para-hydroxylation sites is 1. The summed E-state index contributed by atoms with van der Waals surface area (Å²) in [5.74, 6) is -0.996. The van der Waals surface area contributed by atoms with Crippen molar-refractivity contribution in [3.05, 3.63) is 59.7 Å². The van der Waals surface area contributed by atoms with Gasteiger partial charge in [0, 0.05) is 0 Å². The summed E-state index contributed by atoms with van der Waals surface area (Å²) < 4.78 is 64.6. The number of benzene rings is 2. The minimum absolute atomic E-state index is 0.0470.